The van der Waals surface area contributed by atoms with Crippen LogP contribution in [-0.4, -0.2) is 22.1 Å². The molecular formula is C11H12N2O2. The van der Waals surface area contributed by atoms with Gasteiger partial charge in [0.1, 0.15) is 6.04 Å². The highest BCUT2D eigenvalue weighted by atomic mass is 16.4. The smallest absolute Gasteiger partial charge is 0.320 e. The molecule has 0 saturated carbocycles. The molecule has 2 aromatic rings. The molecule has 78 valence electrons. The Bertz CT molecular complexity index is 523. The lowest BCUT2D eigenvalue weighted by molar-refractivity contribution is -0.138. The minimum absolute atomic E-state index is 0.616. The Balaban J connectivity index is 2.44. The van der Waals surface area contributed by atoms with Crippen molar-refractivity contribution in [1.82, 2.24) is 4.98 Å². The van der Waals surface area contributed by atoms with E-state index in [0.29, 0.717) is 5.56 Å². The highest BCUT2D eigenvalue weighted by Gasteiger charge is 2.14. The molecule has 4 N–H and O–H groups in total. The number of hydrogen-bond acceptors (Lipinski definition) is 2. The number of fused-ring (bicyclic) bond motifs is 1. The normalized spacial score (nSPS) is 15.9. The van der Waals surface area contributed by atoms with E-state index in [1.54, 1.807) is 6.20 Å². The van der Waals surface area contributed by atoms with Crippen molar-refractivity contribution >= 4 is 16.9 Å². The van der Waals surface area contributed by atoms with E-state index in [0.717, 1.165) is 10.9 Å². The Labute approximate surface area is 88.1 Å². The van der Waals surface area contributed by atoms with Gasteiger partial charge in [0.05, 0.1) is 0 Å². The Morgan fingerprint density at radius 3 is 3.07 bits per heavy atom. The number of carboxylic acid groups (broad SMARTS) is 1. The summed E-state index contributed by atoms with van der Waals surface area (Å²) in [4.78, 5) is 13.7. The van der Waals surface area contributed by atoms with Crippen molar-refractivity contribution in [3.05, 3.63) is 36.0 Å². The maximum absolute atomic E-state index is 10.7. The van der Waals surface area contributed by atoms with Gasteiger partial charge in [-0.2, -0.15) is 0 Å². The van der Waals surface area contributed by atoms with Crippen molar-refractivity contribution in [2.45, 2.75) is 12.4 Å². The molecule has 2 atom stereocenters. The number of H-pyrrole nitrogens is 1. The van der Waals surface area contributed by atoms with Crippen LogP contribution in [0.2, 0.25) is 0 Å². The van der Waals surface area contributed by atoms with Crippen LogP contribution in [0.15, 0.2) is 30.5 Å². The molecule has 2 rings (SSSR count). The molecule has 1 unspecified atom stereocenters. The molecule has 1 aromatic heterocycles. The largest absolute Gasteiger partial charge is 0.480 e. The molecule has 0 aliphatic heterocycles. The van der Waals surface area contributed by atoms with E-state index < -0.39 is 18.4 Å². The van der Waals surface area contributed by atoms with Crippen LogP contribution in [0.3, 0.4) is 0 Å². The highest BCUT2D eigenvalue weighted by Crippen LogP contribution is 2.18. The van der Waals surface area contributed by atoms with Crippen molar-refractivity contribution in [3.63, 3.8) is 0 Å². The first kappa shape index (κ1) is 8.49. The summed E-state index contributed by atoms with van der Waals surface area (Å²) in [7, 11) is 0. The van der Waals surface area contributed by atoms with Crippen molar-refractivity contribution in [2.75, 3.05) is 0 Å². The quantitative estimate of drug-likeness (QED) is 0.525. The van der Waals surface area contributed by atoms with Gasteiger partial charge in [-0.25, -0.2) is 0 Å². The number of aromatic amines is 1. The molecule has 1 heterocycles. The molecule has 0 amide bonds. The first-order valence-corrected chi connectivity index (χ1v) is 4.58. The summed E-state index contributed by atoms with van der Waals surface area (Å²) in [6.45, 7) is 0. The predicted molar refractivity (Wildman–Crippen MR) is 57.6 cm³/mol. The molecule has 4 heteroatoms. The monoisotopic (exact) mass is 211 g/mol. The summed E-state index contributed by atoms with van der Waals surface area (Å²) in [6.07, 6.45) is 0.680. The lowest BCUT2D eigenvalue weighted by Gasteiger charge is -2.04. The molecular weight excluding hydrogens is 198 g/mol. The number of hydrogen-bond donors (Lipinski definition) is 3. The zero-order valence-corrected chi connectivity index (χ0v) is 7.97. The van der Waals surface area contributed by atoms with E-state index in [2.05, 4.69) is 4.98 Å². The molecule has 0 fully saturated rings. The van der Waals surface area contributed by atoms with Crippen molar-refractivity contribution in [2.24, 2.45) is 5.73 Å². The molecule has 0 spiro atoms. The van der Waals surface area contributed by atoms with Gasteiger partial charge in [0.2, 0.25) is 0 Å². The van der Waals surface area contributed by atoms with Crippen molar-refractivity contribution in [3.8, 4) is 0 Å². The van der Waals surface area contributed by atoms with Gasteiger partial charge >= 0.3 is 5.97 Å². The van der Waals surface area contributed by atoms with E-state index >= 15 is 0 Å². The third-order valence-electron chi connectivity index (χ3n) is 2.27. The second-order valence-electron chi connectivity index (χ2n) is 3.32. The predicted octanol–water partition coefficient (Wildman–Crippen LogP) is 1.12. The number of carbonyl (C=O) groups is 1. The van der Waals surface area contributed by atoms with Gasteiger partial charge in [-0.15, -0.1) is 0 Å². The fraction of sp³-hybridized carbons (Fsp3) is 0.182. The average molecular weight is 211 g/mol. The zero-order chi connectivity index (χ0) is 11.7. The topological polar surface area (TPSA) is 79.1 Å². The van der Waals surface area contributed by atoms with Gasteiger partial charge in [-0.05, 0) is 11.6 Å². The number of aliphatic carboxylic acids is 1. The molecule has 0 saturated heterocycles. The zero-order valence-electron chi connectivity index (χ0n) is 8.97. The third-order valence-corrected chi connectivity index (χ3v) is 2.27. The molecule has 0 bridgehead atoms. The second kappa shape index (κ2) is 3.74. The molecule has 0 radical (unpaired) electrons. The lowest BCUT2D eigenvalue weighted by Crippen LogP contribution is -2.32. The fourth-order valence-electron chi connectivity index (χ4n) is 1.50. The molecule has 0 aliphatic rings. The van der Waals surface area contributed by atoms with Gasteiger partial charge in [-0.3, -0.25) is 4.79 Å². The third kappa shape index (κ3) is 1.85. The van der Waals surface area contributed by atoms with E-state index in [4.69, 9.17) is 12.2 Å². The number of aromatic nitrogens is 1. The fourth-order valence-corrected chi connectivity index (χ4v) is 1.50. The second-order valence-corrected chi connectivity index (χ2v) is 3.32. The van der Waals surface area contributed by atoms with Crippen LogP contribution >= 0.6 is 0 Å². The van der Waals surface area contributed by atoms with E-state index in [9.17, 15) is 4.79 Å². The number of benzene rings is 1. The summed E-state index contributed by atoms with van der Waals surface area (Å²) >= 11 is 0. The van der Waals surface area contributed by atoms with Crippen LogP contribution in [0.4, 0.5) is 0 Å². The van der Waals surface area contributed by atoms with E-state index in [1.807, 2.05) is 24.3 Å². The summed E-state index contributed by atoms with van der Waals surface area (Å²) in [5.41, 5.74) is 6.94. The minimum atomic E-state index is -1.21. The number of rotatable bonds is 3. The molecule has 4 nitrogen and oxygen atoms in total. The Morgan fingerprint density at radius 2 is 2.33 bits per heavy atom. The maximum atomic E-state index is 10.7. The van der Waals surface area contributed by atoms with Gasteiger partial charge in [0, 0.05) is 24.9 Å². The van der Waals surface area contributed by atoms with Crippen molar-refractivity contribution < 1.29 is 11.3 Å². The lowest BCUT2D eigenvalue weighted by atomic mass is 10.3. The SMILES string of the molecule is [2H][13CH](c1[13cH][15nH]c2c[13cH]c[13cH]c12)[C@H]([15NH2])C(=O)O. The summed E-state index contributed by atoms with van der Waals surface area (Å²) in [5, 5.41) is 9.61. The number of nitrogens with two attached hydrogens (primary N) is 1. The summed E-state index contributed by atoms with van der Waals surface area (Å²) < 4.78 is 7.82. The number of para-hydroxylation sites is 1. The number of nitrogens with one attached hydrogen (secondary N) is 1. The van der Waals surface area contributed by atoms with Gasteiger partial charge in [-0.1, -0.05) is 18.2 Å². The average Bonchev–Trinajstić information content (AvgIpc) is 2.70. The van der Waals surface area contributed by atoms with Gasteiger partial charge in [0.15, 0.2) is 0 Å². The first-order chi connectivity index (χ1) is 7.61. The maximum Gasteiger partial charge on any atom is 0.320 e. The van der Waals surface area contributed by atoms with Crippen LogP contribution in [0.5, 0.6) is 0 Å². The van der Waals surface area contributed by atoms with Crippen LogP contribution in [0.1, 0.15) is 6.93 Å². The Kier molecular flexibility index (Phi) is 2.12. The van der Waals surface area contributed by atoms with Crippen LogP contribution in [-0.2, 0) is 11.2 Å². The van der Waals surface area contributed by atoms with Crippen LogP contribution in [0, 0.1) is 0 Å². The van der Waals surface area contributed by atoms with Crippen LogP contribution < -0.4 is 5.73 Å². The summed E-state index contributed by atoms with van der Waals surface area (Å²) in [6, 6.07) is 6.23. The molecule has 15 heavy (non-hydrogen) atoms. The highest BCUT2D eigenvalue weighted by molar-refractivity contribution is 5.84. The van der Waals surface area contributed by atoms with Crippen LogP contribution in [0.25, 0.3) is 10.9 Å². The Morgan fingerprint density at radius 1 is 1.60 bits per heavy atom. The molecule has 0 aliphatic carbocycles. The first-order valence-electron chi connectivity index (χ1n) is 5.15. The van der Waals surface area contributed by atoms with Crippen molar-refractivity contribution in [1.29, 1.82) is 0 Å². The van der Waals surface area contributed by atoms with Gasteiger partial charge < -0.3 is 15.8 Å². The number of carboxylic acids is 1. The van der Waals surface area contributed by atoms with E-state index in [1.165, 1.54) is 0 Å². The molecule has 1 aromatic carbocycles. The standard InChI is InChI=1S/C11H12N2O2/c12-9(11(14)15)5-7-6-13-10-4-2-1-3-8(7)10/h1-4,6,9,13H,5,12H2,(H,14,15)/t9-/m0/s1/i2+1,3+1,5+1D,6+1,12+1,13+1/t5?,9-. The Hall–Kier alpha value is -1.81. The van der Waals surface area contributed by atoms with E-state index in [-0.39, 0.29) is 0 Å². The van der Waals surface area contributed by atoms with Gasteiger partial charge in [0.25, 0.3) is 0 Å². The summed E-state index contributed by atoms with van der Waals surface area (Å²) in [5.74, 6) is -1.16. The minimum Gasteiger partial charge on any atom is -0.480 e.